The second kappa shape index (κ2) is 5.36. The summed E-state index contributed by atoms with van der Waals surface area (Å²) in [6, 6.07) is 7.16. The van der Waals surface area contributed by atoms with Crippen molar-refractivity contribution in [1.29, 1.82) is 5.26 Å². The average Bonchev–Trinajstić information content (AvgIpc) is 2.31. The monoisotopic (exact) mass is 249 g/mol. The molecule has 0 aromatic heterocycles. The van der Waals surface area contributed by atoms with Crippen LogP contribution in [0.15, 0.2) is 18.2 Å². The van der Waals surface area contributed by atoms with E-state index in [2.05, 4.69) is 6.07 Å². The summed E-state index contributed by atoms with van der Waals surface area (Å²) in [6.07, 6.45) is 1.16. The van der Waals surface area contributed by atoms with Crippen molar-refractivity contribution in [2.45, 2.75) is 25.2 Å². The Labute approximate surface area is 106 Å². The molecule has 1 aliphatic heterocycles. The van der Waals surface area contributed by atoms with Crippen molar-refractivity contribution < 1.29 is 13.9 Å². The van der Waals surface area contributed by atoms with Gasteiger partial charge in [0.2, 0.25) is 0 Å². The van der Waals surface area contributed by atoms with Crippen LogP contribution in [0.2, 0.25) is 0 Å². The standard InChI is InChI=1S/C14H16FNO2/c1-2-18-13-5-4-11(8-12(13)15)14(6-3-7-16)9-17-10-14/h4-5,8H,2-3,6,9-10H2,1H3. The van der Waals surface area contributed by atoms with Crippen molar-refractivity contribution in [1.82, 2.24) is 0 Å². The third-order valence-electron chi connectivity index (χ3n) is 3.32. The van der Waals surface area contributed by atoms with Gasteiger partial charge in [-0.25, -0.2) is 4.39 Å². The van der Waals surface area contributed by atoms with E-state index in [9.17, 15) is 4.39 Å². The Kier molecular flexibility index (Phi) is 3.83. The molecule has 1 aromatic rings. The van der Waals surface area contributed by atoms with Gasteiger partial charge in [0, 0.05) is 11.8 Å². The smallest absolute Gasteiger partial charge is 0.165 e. The first-order valence-electron chi connectivity index (χ1n) is 6.09. The van der Waals surface area contributed by atoms with Crippen LogP contribution in [-0.4, -0.2) is 19.8 Å². The maximum Gasteiger partial charge on any atom is 0.165 e. The number of hydrogen-bond donors (Lipinski definition) is 0. The maximum absolute atomic E-state index is 13.8. The molecule has 0 radical (unpaired) electrons. The highest BCUT2D eigenvalue weighted by molar-refractivity contribution is 5.35. The number of nitrogens with zero attached hydrogens (tertiary/aromatic N) is 1. The lowest BCUT2D eigenvalue weighted by Gasteiger charge is -2.41. The van der Waals surface area contributed by atoms with Crippen LogP contribution in [-0.2, 0) is 10.2 Å². The minimum absolute atomic E-state index is 0.193. The third-order valence-corrected chi connectivity index (χ3v) is 3.32. The molecule has 0 spiro atoms. The molecular formula is C14H16FNO2. The van der Waals surface area contributed by atoms with E-state index in [0.29, 0.717) is 32.7 Å². The van der Waals surface area contributed by atoms with Crippen LogP contribution in [0, 0.1) is 17.1 Å². The highest BCUT2D eigenvalue weighted by atomic mass is 19.1. The highest BCUT2D eigenvalue weighted by Crippen LogP contribution is 2.38. The lowest BCUT2D eigenvalue weighted by atomic mass is 9.75. The van der Waals surface area contributed by atoms with E-state index in [1.54, 1.807) is 6.07 Å². The zero-order valence-electron chi connectivity index (χ0n) is 10.4. The molecule has 0 atom stereocenters. The normalized spacial score (nSPS) is 16.7. The molecule has 18 heavy (non-hydrogen) atoms. The molecule has 1 saturated heterocycles. The zero-order valence-corrected chi connectivity index (χ0v) is 10.4. The van der Waals surface area contributed by atoms with Crippen LogP contribution in [0.3, 0.4) is 0 Å². The van der Waals surface area contributed by atoms with Crippen molar-refractivity contribution in [2.24, 2.45) is 0 Å². The van der Waals surface area contributed by atoms with Gasteiger partial charge in [-0.2, -0.15) is 5.26 Å². The molecule has 0 aliphatic carbocycles. The van der Waals surface area contributed by atoms with Crippen LogP contribution in [0.25, 0.3) is 0 Å². The van der Waals surface area contributed by atoms with Crippen molar-refractivity contribution in [3.63, 3.8) is 0 Å². The molecule has 0 saturated carbocycles. The predicted octanol–water partition coefficient (Wildman–Crippen LogP) is 2.80. The molecule has 0 unspecified atom stereocenters. The molecule has 0 bridgehead atoms. The quantitative estimate of drug-likeness (QED) is 0.805. The zero-order chi connectivity index (χ0) is 13.0. The number of hydrogen-bond acceptors (Lipinski definition) is 3. The van der Waals surface area contributed by atoms with E-state index in [1.165, 1.54) is 6.07 Å². The van der Waals surface area contributed by atoms with Crippen LogP contribution < -0.4 is 4.74 Å². The van der Waals surface area contributed by atoms with E-state index in [4.69, 9.17) is 14.7 Å². The minimum atomic E-state index is -0.349. The van der Waals surface area contributed by atoms with E-state index in [0.717, 1.165) is 5.56 Å². The Balaban J connectivity index is 2.22. The summed E-state index contributed by atoms with van der Waals surface area (Å²) in [6.45, 7) is 3.38. The number of nitriles is 1. The van der Waals surface area contributed by atoms with Crippen LogP contribution in [0.4, 0.5) is 4.39 Å². The van der Waals surface area contributed by atoms with Crippen molar-refractivity contribution in [3.05, 3.63) is 29.6 Å². The van der Waals surface area contributed by atoms with E-state index in [-0.39, 0.29) is 17.0 Å². The minimum Gasteiger partial charge on any atom is -0.491 e. The molecular weight excluding hydrogens is 233 g/mol. The fraction of sp³-hybridized carbons (Fsp3) is 0.500. The largest absolute Gasteiger partial charge is 0.491 e. The summed E-state index contributed by atoms with van der Waals surface area (Å²) in [7, 11) is 0. The number of rotatable bonds is 5. The van der Waals surface area contributed by atoms with E-state index in [1.807, 2.05) is 13.0 Å². The van der Waals surface area contributed by atoms with Gasteiger partial charge in [-0.05, 0) is 31.0 Å². The molecule has 1 fully saturated rings. The van der Waals surface area contributed by atoms with Gasteiger partial charge in [0.05, 0.1) is 25.9 Å². The maximum atomic E-state index is 13.8. The molecule has 0 N–H and O–H groups in total. The van der Waals surface area contributed by atoms with Crippen LogP contribution in [0.5, 0.6) is 5.75 Å². The van der Waals surface area contributed by atoms with Gasteiger partial charge in [-0.15, -0.1) is 0 Å². The first-order valence-corrected chi connectivity index (χ1v) is 6.09. The summed E-state index contributed by atoms with van der Waals surface area (Å²) < 4.78 is 24.2. The molecule has 1 aliphatic rings. The lowest BCUT2D eigenvalue weighted by molar-refractivity contribution is -0.0638. The van der Waals surface area contributed by atoms with Crippen molar-refractivity contribution in [3.8, 4) is 11.8 Å². The summed E-state index contributed by atoms with van der Waals surface area (Å²) in [5.74, 6) is -0.0745. The van der Waals surface area contributed by atoms with E-state index >= 15 is 0 Å². The summed E-state index contributed by atoms with van der Waals surface area (Å²) in [5.41, 5.74) is 0.700. The lowest BCUT2D eigenvalue weighted by Crippen LogP contribution is -2.46. The molecule has 1 heterocycles. The van der Waals surface area contributed by atoms with Gasteiger partial charge in [0.1, 0.15) is 0 Å². The Bertz CT molecular complexity index is 463. The molecule has 0 amide bonds. The van der Waals surface area contributed by atoms with Crippen LogP contribution >= 0.6 is 0 Å². The van der Waals surface area contributed by atoms with Gasteiger partial charge >= 0.3 is 0 Å². The molecule has 3 nitrogen and oxygen atoms in total. The Morgan fingerprint density at radius 3 is 2.78 bits per heavy atom. The third kappa shape index (κ3) is 2.32. The van der Waals surface area contributed by atoms with Crippen molar-refractivity contribution in [2.75, 3.05) is 19.8 Å². The Morgan fingerprint density at radius 2 is 2.28 bits per heavy atom. The van der Waals surface area contributed by atoms with Crippen molar-refractivity contribution >= 4 is 0 Å². The first kappa shape index (κ1) is 12.8. The summed E-state index contributed by atoms with van der Waals surface area (Å²) in [4.78, 5) is 0. The predicted molar refractivity (Wildman–Crippen MR) is 64.9 cm³/mol. The van der Waals surface area contributed by atoms with Gasteiger partial charge in [-0.1, -0.05) is 6.07 Å². The topological polar surface area (TPSA) is 42.2 Å². The Hall–Kier alpha value is -1.60. The SMILES string of the molecule is CCOc1ccc(C2(CCC#N)COC2)cc1F. The van der Waals surface area contributed by atoms with Crippen LogP contribution in [0.1, 0.15) is 25.3 Å². The van der Waals surface area contributed by atoms with Gasteiger partial charge < -0.3 is 9.47 Å². The highest BCUT2D eigenvalue weighted by Gasteiger charge is 2.40. The van der Waals surface area contributed by atoms with E-state index < -0.39 is 0 Å². The first-order chi connectivity index (χ1) is 8.72. The number of benzene rings is 1. The molecule has 2 rings (SSSR count). The summed E-state index contributed by atoms with van der Waals surface area (Å²) in [5, 5.41) is 8.68. The Morgan fingerprint density at radius 1 is 1.50 bits per heavy atom. The molecule has 96 valence electrons. The second-order valence-corrected chi connectivity index (χ2v) is 4.51. The van der Waals surface area contributed by atoms with Gasteiger partial charge in [0.25, 0.3) is 0 Å². The molecule has 1 aromatic carbocycles. The molecule has 4 heteroatoms. The number of halogens is 1. The van der Waals surface area contributed by atoms with Gasteiger partial charge in [-0.3, -0.25) is 0 Å². The van der Waals surface area contributed by atoms with Gasteiger partial charge in [0.15, 0.2) is 11.6 Å². The average molecular weight is 249 g/mol. The second-order valence-electron chi connectivity index (χ2n) is 4.51. The fourth-order valence-electron chi connectivity index (χ4n) is 2.20. The summed E-state index contributed by atoms with van der Waals surface area (Å²) >= 11 is 0. The fourth-order valence-corrected chi connectivity index (χ4v) is 2.20. The number of ether oxygens (including phenoxy) is 2.